The number of hydrogen-bond donors (Lipinski definition) is 3. The van der Waals surface area contributed by atoms with Crippen LogP contribution in [-0.4, -0.2) is 22.9 Å². The van der Waals surface area contributed by atoms with Gasteiger partial charge in [-0.25, -0.2) is 0 Å². The lowest BCUT2D eigenvalue weighted by Gasteiger charge is -2.39. The van der Waals surface area contributed by atoms with Gasteiger partial charge < -0.3 is 20.3 Å². The second kappa shape index (κ2) is 5.38. The van der Waals surface area contributed by atoms with Gasteiger partial charge in [-0.15, -0.1) is 12.4 Å². The first-order valence-electron chi connectivity index (χ1n) is 7.15. The predicted molar refractivity (Wildman–Crippen MR) is 86.2 cm³/mol. The van der Waals surface area contributed by atoms with E-state index in [9.17, 15) is 10.2 Å². The molecule has 0 aliphatic carbocycles. The summed E-state index contributed by atoms with van der Waals surface area (Å²) in [6.45, 7) is 3.49. The Hall–Kier alpha value is -1.91. The average molecular weight is 320 g/mol. The minimum absolute atomic E-state index is 0. The van der Waals surface area contributed by atoms with Crippen LogP contribution >= 0.6 is 12.4 Å². The Morgan fingerprint density at radius 1 is 1.09 bits per heavy atom. The SMILES string of the molecule is Cc1ccc2c(c1)[C@@H]1c3cc(O)c(O)cc3OC[C@H]1NC2.Cl. The Morgan fingerprint density at radius 3 is 2.68 bits per heavy atom. The van der Waals surface area contributed by atoms with Crippen LogP contribution in [0.15, 0.2) is 30.3 Å². The van der Waals surface area contributed by atoms with Crippen molar-refractivity contribution in [3.8, 4) is 17.2 Å². The maximum absolute atomic E-state index is 9.84. The number of hydrogen-bond acceptors (Lipinski definition) is 4. The molecule has 22 heavy (non-hydrogen) atoms. The van der Waals surface area contributed by atoms with Crippen LogP contribution in [0.5, 0.6) is 17.2 Å². The molecule has 2 heterocycles. The van der Waals surface area contributed by atoms with Gasteiger partial charge in [-0.1, -0.05) is 23.8 Å². The molecule has 0 spiro atoms. The Labute approximate surface area is 135 Å². The van der Waals surface area contributed by atoms with Gasteiger partial charge in [0.2, 0.25) is 0 Å². The number of benzene rings is 2. The molecule has 0 radical (unpaired) electrons. The van der Waals surface area contributed by atoms with Crippen molar-refractivity contribution in [1.29, 1.82) is 0 Å². The molecular weight excluding hydrogens is 302 g/mol. The highest BCUT2D eigenvalue weighted by Crippen LogP contribution is 2.45. The quantitative estimate of drug-likeness (QED) is 0.653. The maximum atomic E-state index is 9.84. The smallest absolute Gasteiger partial charge is 0.161 e. The first-order chi connectivity index (χ1) is 10.1. The molecule has 2 aliphatic rings. The number of ether oxygens (including phenoxy) is 1. The van der Waals surface area contributed by atoms with Crippen LogP contribution in [0.1, 0.15) is 28.2 Å². The van der Waals surface area contributed by atoms with Crippen LogP contribution in [-0.2, 0) is 6.54 Å². The predicted octanol–water partition coefficient (Wildman–Crippen LogP) is 2.82. The molecule has 2 aromatic carbocycles. The van der Waals surface area contributed by atoms with Crippen molar-refractivity contribution in [3.05, 3.63) is 52.6 Å². The lowest BCUT2D eigenvalue weighted by Crippen LogP contribution is -2.46. The van der Waals surface area contributed by atoms with E-state index >= 15 is 0 Å². The van der Waals surface area contributed by atoms with Crippen LogP contribution in [0.25, 0.3) is 0 Å². The molecule has 0 amide bonds. The van der Waals surface area contributed by atoms with Crippen molar-refractivity contribution in [2.45, 2.75) is 25.4 Å². The van der Waals surface area contributed by atoms with Crippen LogP contribution < -0.4 is 10.1 Å². The molecule has 3 N–H and O–H groups in total. The fraction of sp³-hybridized carbons (Fsp3) is 0.294. The fourth-order valence-corrected chi connectivity index (χ4v) is 3.40. The van der Waals surface area contributed by atoms with Gasteiger partial charge in [-0.2, -0.15) is 0 Å². The van der Waals surface area contributed by atoms with E-state index in [1.165, 1.54) is 22.8 Å². The third-order valence-electron chi connectivity index (χ3n) is 4.45. The highest BCUT2D eigenvalue weighted by Gasteiger charge is 2.36. The Balaban J connectivity index is 0.00000144. The van der Waals surface area contributed by atoms with Crippen molar-refractivity contribution in [1.82, 2.24) is 5.32 Å². The van der Waals surface area contributed by atoms with E-state index < -0.39 is 0 Å². The molecule has 0 unspecified atom stereocenters. The monoisotopic (exact) mass is 319 g/mol. The summed E-state index contributed by atoms with van der Waals surface area (Å²) in [5, 5.41) is 23.0. The number of aryl methyl sites for hydroxylation is 1. The first kappa shape index (κ1) is 15.0. The van der Waals surface area contributed by atoms with Crippen LogP contribution in [0.4, 0.5) is 0 Å². The third-order valence-corrected chi connectivity index (χ3v) is 4.45. The van der Waals surface area contributed by atoms with Gasteiger partial charge >= 0.3 is 0 Å². The van der Waals surface area contributed by atoms with Gasteiger partial charge in [0, 0.05) is 24.1 Å². The summed E-state index contributed by atoms with van der Waals surface area (Å²) < 4.78 is 5.74. The largest absolute Gasteiger partial charge is 0.504 e. The van der Waals surface area contributed by atoms with E-state index in [1.807, 2.05) is 0 Å². The molecule has 0 saturated carbocycles. The minimum Gasteiger partial charge on any atom is -0.504 e. The van der Waals surface area contributed by atoms with Crippen molar-refractivity contribution < 1.29 is 14.9 Å². The number of phenols is 2. The minimum atomic E-state index is -0.138. The van der Waals surface area contributed by atoms with Gasteiger partial charge in [0.25, 0.3) is 0 Å². The van der Waals surface area contributed by atoms with E-state index in [4.69, 9.17) is 4.74 Å². The summed E-state index contributed by atoms with van der Waals surface area (Å²) in [4.78, 5) is 0. The molecule has 0 saturated heterocycles. The Morgan fingerprint density at radius 2 is 1.86 bits per heavy atom. The highest BCUT2D eigenvalue weighted by molar-refractivity contribution is 5.85. The standard InChI is InChI=1S/C17H17NO3.ClH/c1-9-2-3-10-7-18-13-8-21-16-6-15(20)14(19)5-12(16)17(13)11(10)4-9;/h2-6,13,17-20H,7-8H2,1H3;1H/t13-,17-;/m1./s1. The molecule has 0 aromatic heterocycles. The maximum Gasteiger partial charge on any atom is 0.161 e. The molecular formula is C17H18ClNO3. The molecule has 4 nitrogen and oxygen atoms in total. The van der Waals surface area contributed by atoms with Gasteiger partial charge in [-0.05, 0) is 24.1 Å². The molecule has 0 fully saturated rings. The molecule has 5 heteroatoms. The Kier molecular flexibility index (Phi) is 3.67. The normalized spacial score (nSPS) is 21.7. The number of halogens is 1. The van der Waals surface area contributed by atoms with E-state index in [2.05, 4.69) is 30.4 Å². The summed E-state index contributed by atoms with van der Waals surface area (Å²) in [6.07, 6.45) is 0. The third kappa shape index (κ3) is 2.19. The van der Waals surface area contributed by atoms with E-state index in [1.54, 1.807) is 6.07 Å². The summed E-state index contributed by atoms with van der Waals surface area (Å²) in [5.74, 6) is 0.560. The molecule has 116 valence electrons. The van der Waals surface area contributed by atoms with Gasteiger partial charge in [0.05, 0.1) is 6.04 Å². The van der Waals surface area contributed by atoms with Crippen LogP contribution in [0.2, 0.25) is 0 Å². The summed E-state index contributed by atoms with van der Waals surface area (Å²) in [6, 6.07) is 9.81. The first-order valence-corrected chi connectivity index (χ1v) is 7.15. The fourth-order valence-electron chi connectivity index (χ4n) is 3.40. The topological polar surface area (TPSA) is 61.7 Å². The van der Waals surface area contributed by atoms with Gasteiger partial charge in [-0.3, -0.25) is 0 Å². The Bertz CT molecular complexity index is 732. The summed E-state index contributed by atoms with van der Waals surface area (Å²) in [5.41, 5.74) is 4.72. The van der Waals surface area contributed by atoms with Crippen molar-refractivity contribution in [2.75, 3.05) is 6.61 Å². The highest BCUT2D eigenvalue weighted by atomic mass is 35.5. The summed E-state index contributed by atoms with van der Waals surface area (Å²) >= 11 is 0. The van der Waals surface area contributed by atoms with Crippen LogP contribution in [0, 0.1) is 6.92 Å². The van der Waals surface area contributed by atoms with Crippen molar-refractivity contribution in [2.24, 2.45) is 0 Å². The molecule has 2 aromatic rings. The second-order valence-electron chi connectivity index (χ2n) is 5.86. The number of nitrogens with one attached hydrogen (secondary N) is 1. The van der Waals surface area contributed by atoms with E-state index in [0.717, 1.165) is 12.1 Å². The summed E-state index contributed by atoms with van der Waals surface area (Å²) in [7, 11) is 0. The number of aromatic hydroxyl groups is 2. The van der Waals surface area contributed by atoms with Gasteiger partial charge in [0.15, 0.2) is 11.5 Å². The van der Waals surface area contributed by atoms with Gasteiger partial charge in [0.1, 0.15) is 12.4 Å². The van der Waals surface area contributed by atoms with Crippen molar-refractivity contribution in [3.63, 3.8) is 0 Å². The molecule has 2 aliphatic heterocycles. The average Bonchev–Trinajstić information content (AvgIpc) is 2.48. The number of phenolic OH excluding ortho intramolecular Hbond substituents is 2. The van der Waals surface area contributed by atoms with Crippen LogP contribution in [0.3, 0.4) is 0 Å². The molecule has 4 rings (SSSR count). The lowest BCUT2D eigenvalue weighted by atomic mass is 9.78. The zero-order valence-corrected chi connectivity index (χ0v) is 13.0. The zero-order chi connectivity index (χ0) is 14.6. The number of fused-ring (bicyclic) bond motifs is 5. The van der Waals surface area contributed by atoms with E-state index in [0.29, 0.717) is 12.4 Å². The molecule has 0 bridgehead atoms. The zero-order valence-electron chi connectivity index (χ0n) is 12.2. The number of rotatable bonds is 0. The molecule has 2 atom stereocenters. The second-order valence-corrected chi connectivity index (χ2v) is 5.86. The lowest BCUT2D eigenvalue weighted by molar-refractivity contribution is 0.214. The van der Waals surface area contributed by atoms with E-state index in [-0.39, 0.29) is 35.9 Å². The van der Waals surface area contributed by atoms with Crippen molar-refractivity contribution >= 4 is 12.4 Å².